The Hall–Kier alpha value is -1.62. The predicted molar refractivity (Wildman–Crippen MR) is 53.6 cm³/mol. The van der Waals surface area contributed by atoms with Gasteiger partial charge in [0.25, 0.3) is 5.91 Å². The molecule has 0 unspecified atom stereocenters. The van der Waals surface area contributed by atoms with Crippen molar-refractivity contribution in [3.63, 3.8) is 0 Å². The first kappa shape index (κ1) is 8.96. The number of carbonyl (C=O) groups is 2. The number of nitrogens with zero attached hydrogens (tertiary/aromatic N) is 1. The largest absolute Gasteiger partial charge is 0.328 e. The Bertz CT molecular complexity index is 408. The molecule has 1 aliphatic rings. The minimum Gasteiger partial charge on any atom is -0.303 e. The van der Waals surface area contributed by atoms with Crippen LogP contribution in [0.3, 0.4) is 0 Å². The van der Waals surface area contributed by atoms with Gasteiger partial charge < -0.3 is 5.32 Å². The maximum atomic E-state index is 11.4. The molecule has 72 valence electrons. The van der Waals surface area contributed by atoms with Crippen molar-refractivity contribution in [3.8, 4) is 0 Å². The second kappa shape index (κ2) is 3.26. The van der Waals surface area contributed by atoms with Gasteiger partial charge in [-0.3, -0.25) is 9.69 Å². The first-order valence-electron chi connectivity index (χ1n) is 4.01. The van der Waals surface area contributed by atoms with Crippen molar-refractivity contribution in [2.45, 2.75) is 0 Å². The average Bonchev–Trinajstić information content (AvgIpc) is 2.73. The summed E-state index contributed by atoms with van der Waals surface area (Å²) in [5, 5.41) is 6.32. The minimum absolute atomic E-state index is 0.291. The van der Waals surface area contributed by atoms with Crippen LogP contribution in [0.4, 0.5) is 4.79 Å². The van der Waals surface area contributed by atoms with Crippen LogP contribution >= 0.6 is 11.3 Å². The van der Waals surface area contributed by atoms with Crippen LogP contribution in [-0.4, -0.2) is 23.9 Å². The van der Waals surface area contributed by atoms with Crippen molar-refractivity contribution in [1.29, 1.82) is 0 Å². The van der Waals surface area contributed by atoms with Gasteiger partial charge in [-0.15, -0.1) is 0 Å². The molecule has 1 fully saturated rings. The number of nitrogens with one attached hydrogen (secondary N) is 1. The molecule has 1 aromatic rings. The summed E-state index contributed by atoms with van der Waals surface area (Å²) in [5.41, 5.74) is 1.25. The second-order valence-corrected chi connectivity index (χ2v) is 3.69. The van der Waals surface area contributed by atoms with Crippen molar-refractivity contribution in [2.75, 3.05) is 7.05 Å². The molecule has 1 aromatic heterocycles. The molecule has 5 heteroatoms. The summed E-state index contributed by atoms with van der Waals surface area (Å²) in [5.74, 6) is -0.291. The molecule has 2 rings (SSSR count). The number of likely N-dealkylation sites (N-methyl/N-ethyl adjacent to an activating group) is 1. The van der Waals surface area contributed by atoms with Gasteiger partial charge in [0.05, 0.1) is 0 Å². The molecule has 0 aromatic carbocycles. The Morgan fingerprint density at radius 1 is 1.50 bits per heavy atom. The zero-order chi connectivity index (χ0) is 10.1. The van der Waals surface area contributed by atoms with E-state index in [-0.39, 0.29) is 11.9 Å². The van der Waals surface area contributed by atoms with Gasteiger partial charge >= 0.3 is 6.03 Å². The van der Waals surface area contributed by atoms with Crippen LogP contribution < -0.4 is 5.32 Å². The lowest BCUT2D eigenvalue weighted by atomic mass is 10.2. The van der Waals surface area contributed by atoms with E-state index in [1.165, 1.54) is 7.05 Å². The molecular weight excluding hydrogens is 200 g/mol. The van der Waals surface area contributed by atoms with E-state index in [0.717, 1.165) is 10.5 Å². The molecule has 0 bridgehead atoms. The van der Waals surface area contributed by atoms with E-state index in [1.807, 2.05) is 16.8 Å². The summed E-state index contributed by atoms with van der Waals surface area (Å²) in [6, 6.07) is 1.51. The number of imide groups is 1. The SMILES string of the molecule is CN1C(=O)N/C(=C/c2ccsc2)C1=O. The van der Waals surface area contributed by atoms with Crippen LogP contribution in [0.2, 0.25) is 0 Å². The van der Waals surface area contributed by atoms with E-state index in [0.29, 0.717) is 5.70 Å². The van der Waals surface area contributed by atoms with Gasteiger partial charge in [-0.2, -0.15) is 11.3 Å². The van der Waals surface area contributed by atoms with Gasteiger partial charge in [-0.05, 0) is 28.5 Å². The molecule has 0 aliphatic carbocycles. The van der Waals surface area contributed by atoms with E-state index < -0.39 is 0 Å². The summed E-state index contributed by atoms with van der Waals surface area (Å²) in [6.45, 7) is 0. The van der Waals surface area contributed by atoms with E-state index in [9.17, 15) is 9.59 Å². The van der Waals surface area contributed by atoms with Crippen LogP contribution in [-0.2, 0) is 4.79 Å². The number of amides is 3. The number of urea groups is 1. The molecule has 14 heavy (non-hydrogen) atoms. The summed E-state index contributed by atoms with van der Waals surface area (Å²) < 4.78 is 0. The molecule has 2 heterocycles. The van der Waals surface area contributed by atoms with Gasteiger partial charge in [0, 0.05) is 7.05 Å². The Labute approximate surface area is 84.8 Å². The Morgan fingerprint density at radius 2 is 2.29 bits per heavy atom. The van der Waals surface area contributed by atoms with E-state index in [1.54, 1.807) is 17.4 Å². The second-order valence-electron chi connectivity index (χ2n) is 2.91. The average molecular weight is 208 g/mol. The normalized spacial score (nSPS) is 19.2. The molecule has 0 radical (unpaired) electrons. The maximum Gasteiger partial charge on any atom is 0.328 e. The highest BCUT2D eigenvalue weighted by Crippen LogP contribution is 2.14. The number of hydrogen-bond donors (Lipinski definition) is 1. The van der Waals surface area contributed by atoms with Crippen LogP contribution in [0.1, 0.15) is 5.56 Å². The first-order chi connectivity index (χ1) is 6.68. The third kappa shape index (κ3) is 1.42. The van der Waals surface area contributed by atoms with Crippen LogP contribution in [0.15, 0.2) is 22.5 Å². The fourth-order valence-corrected chi connectivity index (χ4v) is 1.77. The fourth-order valence-electron chi connectivity index (χ4n) is 1.15. The highest BCUT2D eigenvalue weighted by molar-refractivity contribution is 7.08. The number of thiophene rings is 1. The third-order valence-corrected chi connectivity index (χ3v) is 2.64. The van der Waals surface area contributed by atoms with Crippen molar-refractivity contribution in [3.05, 3.63) is 28.1 Å². The molecule has 0 saturated carbocycles. The van der Waals surface area contributed by atoms with Crippen molar-refractivity contribution in [1.82, 2.24) is 10.2 Å². The lowest BCUT2D eigenvalue weighted by Gasteiger charge is -1.99. The fraction of sp³-hybridized carbons (Fsp3) is 0.111. The molecule has 1 aliphatic heterocycles. The Balaban J connectivity index is 2.29. The molecule has 1 saturated heterocycles. The van der Waals surface area contributed by atoms with Gasteiger partial charge in [0.2, 0.25) is 0 Å². The Morgan fingerprint density at radius 3 is 2.79 bits per heavy atom. The maximum absolute atomic E-state index is 11.4. The monoisotopic (exact) mass is 208 g/mol. The van der Waals surface area contributed by atoms with Crippen LogP contribution in [0.25, 0.3) is 6.08 Å². The number of hydrogen-bond acceptors (Lipinski definition) is 3. The van der Waals surface area contributed by atoms with Gasteiger partial charge in [0.1, 0.15) is 5.70 Å². The summed E-state index contributed by atoms with van der Waals surface area (Å²) in [7, 11) is 1.45. The van der Waals surface area contributed by atoms with E-state index in [2.05, 4.69) is 5.32 Å². The van der Waals surface area contributed by atoms with Crippen LogP contribution in [0, 0.1) is 0 Å². The van der Waals surface area contributed by atoms with E-state index in [4.69, 9.17) is 0 Å². The Kier molecular flexibility index (Phi) is 2.09. The quantitative estimate of drug-likeness (QED) is 0.558. The summed E-state index contributed by atoms with van der Waals surface area (Å²) in [6.07, 6.45) is 1.67. The third-order valence-electron chi connectivity index (χ3n) is 1.94. The van der Waals surface area contributed by atoms with Crippen molar-refractivity contribution < 1.29 is 9.59 Å². The number of rotatable bonds is 1. The molecule has 0 spiro atoms. The number of carbonyl (C=O) groups excluding carboxylic acids is 2. The van der Waals surface area contributed by atoms with Gasteiger partial charge in [0.15, 0.2) is 0 Å². The highest BCUT2D eigenvalue weighted by Gasteiger charge is 2.29. The first-order valence-corrected chi connectivity index (χ1v) is 4.95. The standard InChI is InChI=1S/C9H8N2O2S/c1-11-8(12)7(10-9(11)13)4-6-2-3-14-5-6/h2-5H,1H3,(H,10,13)/b7-4+. The van der Waals surface area contributed by atoms with Gasteiger partial charge in [-0.25, -0.2) is 4.79 Å². The molecule has 0 atom stereocenters. The summed E-state index contributed by atoms with van der Waals surface area (Å²) >= 11 is 1.54. The minimum atomic E-state index is -0.378. The van der Waals surface area contributed by atoms with Crippen LogP contribution in [0.5, 0.6) is 0 Å². The van der Waals surface area contributed by atoms with Gasteiger partial charge in [-0.1, -0.05) is 0 Å². The van der Waals surface area contributed by atoms with Crippen molar-refractivity contribution in [2.24, 2.45) is 0 Å². The molecule has 1 N–H and O–H groups in total. The topological polar surface area (TPSA) is 49.4 Å². The molecule has 3 amide bonds. The smallest absolute Gasteiger partial charge is 0.303 e. The lowest BCUT2D eigenvalue weighted by Crippen LogP contribution is -2.25. The lowest BCUT2D eigenvalue weighted by molar-refractivity contribution is -0.121. The summed E-state index contributed by atoms with van der Waals surface area (Å²) in [4.78, 5) is 23.6. The molecular formula is C9H8N2O2S. The van der Waals surface area contributed by atoms with Crippen molar-refractivity contribution >= 4 is 29.4 Å². The predicted octanol–water partition coefficient (Wildman–Crippen LogP) is 1.27. The zero-order valence-electron chi connectivity index (χ0n) is 7.48. The highest BCUT2D eigenvalue weighted by atomic mass is 32.1. The van der Waals surface area contributed by atoms with E-state index >= 15 is 0 Å². The zero-order valence-corrected chi connectivity index (χ0v) is 8.30. The molecule has 4 nitrogen and oxygen atoms in total.